The van der Waals surface area contributed by atoms with Crippen molar-refractivity contribution in [3.8, 4) is 5.75 Å². The third kappa shape index (κ3) is 3.38. The molecule has 2 aromatic carbocycles. The third-order valence-corrected chi connectivity index (χ3v) is 4.69. The van der Waals surface area contributed by atoms with Gasteiger partial charge in [0.05, 0.1) is 11.3 Å². The number of nitrogens with zero attached hydrogens (tertiary/aromatic N) is 2. The summed E-state index contributed by atoms with van der Waals surface area (Å²) in [6.45, 7) is 3.12. The Morgan fingerprint density at radius 2 is 1.79 bits per heavy atom. The zero-order valence-electron chi connectivity index (χ0n) is 15.9. The molecule has 3 aromatic rings. The second-order valence-electron chi connectivity index (χ2n) is 6.74. The Kier molecular flexibility index (Phi) is 4.64. The predicted molar refractivity (Wildman–Crippen MR) is 109 cm³/mol. The maximum absolute atomic E-state index is 13.2. The summed E-state index contributed by atoms with van der Waals surface area (Å²) in [5.74, 6) is -0.270. The monoisotopic (exact) mass is 389 g/mol. The molecule has 146 valence electrons. The van der Waals surface area contributed by atoms with Crippen molar-refractivity contribution < 1.29 is 14.3 Å². The highest BCUT2D eigenvalue weighted by atomic mass is 16.4. The molecule has 1 unspecified atom stereocenters. The van der Waals surface area contributed by atoms with Crippen molar-refractivity contribution in [1.82, 2.24) is 5.01 Å². The van der Waals surface area contributed by atoms with Gasteiger partial charge in [0.25, 0.3) is 5.91 Å². The van der Waals surface area contributed by atoms with Gasteiger partial charge < -0.3 is 14.8 Å². The van der Waals surface area contributed by atoms with Crippen molar-refractivity contribution in [3.05, 3.63) is 93.5 Å². The lowest BCUT2D eigenvalue weighted by Crippen LogP contribution is -2.40. The van der Waals surface area contributed by atoms with Gasteiger partial charge in [0, 0.05) is 11.8 Å². The van der Waals surface area contributed by atoms with Crippen molar-refractivity contribution in [3.63, 3.8) is 0 Å². The smallest absolute Gasteiger partial charge is 0.348 e. The molecule has 0 saturated carbocycles. The highest BCUT2D eigenvalue weighted by Crippen LogP contribution is 2.33. The van der Waals surface area contributed by atoms with Crippen LogP contribution in [-0.4, -0.2) is 21.7 Å². The zero-order chi connectivity index (χ0) is 20.5. The molecule has 0 fully saturated rings. The van der Waals surface area contributed by atoms with E-state index in [1.54, 1.807) is 26.0 Å². The van der Waals surface area contributed by atoms with Gasteiger partial charge >= 0.3 is 5.63 Å². The van der Waals surface area contributed by atoms with E-state index in [9.17, 15) is 14.7 Å². The number of hydrazone groups is 1. The summed E-state index contributed by atoms with van der Waals surface area (Å²) in [4.78, 5) is 25.5. The molecule has 0 bridgehead atoms. The Labute approximate surface area is 166 Å². The van der Waals surface area contributed by atoms with E-state index in [4.69, 9.17) is 4.42 Å². The van der Waals surface area contributed by atoms with Gasteiger partial charge in [-0.2, -0.15) is 5.10 Å². The number of anilines is 1. The van der Waals surface area contributed by atoms with Crippen LogP contribution < -0.4 is 10.9 Å². The maximum Gasteiger partial charge on any atom is 0.348 e. The SMILES string of the molecule is C/C(=N\N1C(=O)c2ccccc2NC1c1ccccc1)c1c(O)cc(C)oc1=O. The van der Waals surface area contributed by atoms with Crippen LogP contribution in [0.1, 0.15) is 40.3 Å². The standard InChI is InChI=1S/C22H19N3O4/c1-13-12-18(26)19(22(28)29-13)14(2)24-25-20(15-8-4-3-5-9-15)23-17-11-7-6-10-16(17)21(25)27/h3-12,20,23,26H,1-2H3/b24-14+. The number of carbonyl (C=O) groups is 1. The molecular weight excluding hydrogens is 370 g/mol. The molecule has 29 heavy (non-hydrogen) atoms. The predicted octanol–water partition coefficient (Wildman–Crippen LogP) is 3.64. The molecule has 2 N–H and O–H groups in total. The fourth-order valence-electron chi connectivity index (χ4n) is 3.35. The van der Waals surface area contributed by atoms with Crippen LogP contribution in [0.5, 0.6) is 5.75 Å². The van der Waals surface area contributed by atoms with Crippen LogP contribution in [0.4, 0.5) is 5.69 Å². The van der Waals surface area contributed by atoms with Crippen LogP contribution in [-0.2, 0) is 0 Å². The van der Waals surface area contributed by atoms with Gasteiger partial charge in [0.2, 0.25) is 0 Å². The Hall–Kier alpha value is -3.87. The first-order chi connectivity index (χ1) is 14.0. The second-order valence-corrected chi connectivity index (χ2v) is 6.74. The minimum absolute atomic E-state index is 0.0749. The molecule has 1 atom stereocenters. The summed E-state index contributed by atoms with van der Waals surface area (Å²) in [5, 5.41) is 19.2. The first-order valence-corrected chi connectivity index (χ1v) is 9.09. The Morgan fingerprint density at radius 1 is 1.10 bits per heavy atom. The topological polar surface area (TPSA) is 95.1 Å². The van der Waals surface area contributed by atoms with E-state index in [1.165, 1.54) is 11.1 Å². The van der Waals surface area contributed by atoms with E-state index in [2.05, 4.69) is 10.4 Å². The van der Waals surface area contributed by atoms with Crippen LogP contribution in [0.2, 0.25) is 0 Å². The highest BCUT2D eigenvalue weighted by Gasteiger charge is 2.33. The molecule has 0 radical (unpaired) electrons. The molecule has 1 aliphatic rings. The molecule has 0 spiro atoms. The largest absolute Gasteiger partial charge is 0.507 e. The molecule has 7 heteroatoms. The fourth-order valence-corrected chi connectivity index (χ4v) is 3.35. The summed E-state index contributed by atoms with van der Waals surface area (Å²) in [6.07, 6.45) is -0.576. The summed E-state index contributed by atoms with van der Waals surface area (Å²) >= 11 is 0. The molecule has 1 aromatic heterocycles. The molecule has 0 aliphatic carbocycles. The normalized spacial score (nSPS) is 16.3. The van der Waals surface area contributed by atoms with E-state index in [1.807, 2.05) is 42.5 Å². The van der Waals surface area contributed by atoms with Crippen LogP contribution >= 0.6 is 0 Å². The minimum atomic E-state index is -0.710. The van der Waals surface area contributed by atoms with E-state index >= 15 is 0 Å². The van der Waals surface area contributed by atoms with Gasteiger partial charge in [0.15, 0.2) is 6.17 Å². The lowest BCUT2D eigenvalue weighted by molar-refractivity contribution is 0.0689. The second kappa shape index (κ2) is 7.27. The molecule has 4 rings (SSSR count). The van der Waals surface area contributed by atoms with Crippen LogP contribution in [0, 0.1) is 6.92 Å². The highest BCUT2D eigenvalue weighted by molar-refractivity contribution is 6.04. The number of nitrogens with one attached hydrogen (secondary N) is 1. The number of para-hydroxylation sites is 1. The molecule has 2 heterocycles. The van der Waals surface area contributed by atoms with Crippen molar-refractivity contribution in [2.24, 2.45) is 5.10 Å². The van der Waals surface area contributed by atoms with Crippen LogP contribution in [0.3, 0.4) is 0 Å². The number of carbonyl (C=O) groups excluding carboxylic acids is 1. The lowest BCUT2D eigenvalue weighted by atomic mass is 10.1. The Balaban J connectivity index is 1.84. The van der Waals surface area contributed by atoms with E-state index in [0.29, 0.717) is 11.3 Å². The van der Waals surface area contributed by atoms with Crippen molar-refractivity contribution >= 4 is 17.3 Å². The first kappa shape index (κ1) is 18.5. The third-order valence-electron chi connectivity index (χ3n) is 4.69. The summed E-state index contributed by atoms with van der Waals surface area (Å²) in [5.41, 5.74) is 1.38. The van der Waals surface area contributed by atoms with E-state index < -0.39 is 11.8 Å². The lowest BCUT2D eigenvalue weighted by Gasteiger charge is -2.35. The van der Waals surface area contributed by atoms with Crippen molar-refractivity contribution in [2.75, 3.05) is 5.32 Å². The van der Waals surface area contributed by atoms with Crippen molar-refractivity contribution in [1.29, 1.82) is 0 Å². The summed E-state index contributed by atoms with van der Waals surface area (Å²) in [6, 6.07) is 17.9. The number of amides is 1. The van der Waals surface area contributed by atoms with E-state index in [-0.39, 0.29) is 28.7 Å². The summed E-state index contributed by atoms with van der Waals surface area (Å²) in [7, 11) is 0. The Bertz CT molecular complexity index is 1170. The maximum atomic E-state index is 13.2. The molecule has 0 saturated heterocycles. The molecule has 1 aliphatic heterocycles. The number of benzene rings is 2. The van der Waals surface area contributed by atoms with Gasteiger partial charge in [-0.1, -0.05) is 42.5 Å². The van der Waals surface area contributed by atoms with Gasteiger partial charge in [-0.3, -0.25) is 4.79 Å². The Morgan fingerprint density at radius 3 is 2.52 bits per heavy atom. The number of aromatic hydroxyl groups is 1. The van der Waals surface area contributed by atoms with Crippen molar-refractivity contribution in [2.45, 2.75) is 20.0 Å². The zero-order valence-corrected chi connectivity index (χ0v) is 15.9. The van der Waals surface area contributed by atoms with Gasteiger partial charge in [0.1, 0.15) is 17.1 Å². The molecular formula is C22H19N3O4. The van der Waals surface area contributed by atoms with Gasteiger partial charge in [-0.15, -0.1) is 0 Å². The number of hydrogen-bond acceptors (Lipinski definition) is 6. The number of hydrogen-bond donors (Lipinski definition) is 2. The average molecular weight is 389 g/mol. The van der Waals surface area contributed by atoms with E-state index in [0.717, 1.165) is 5.56 Å². The quantitative estimate of drug-likeness (QED) is 0.667. The summed E-state index contributed by atoms with van der Waals surface area (Å²) < 4.78 is 5.08. The van der Waals surface area contributed by atoms with Gasteiger partial charge in [-0.05, 0) is 31.5 Å². The minimum Gasteiger partial charge on any atom is -0.507 e. The van der Waals surface area contributed by atoms with Gasteiger partial charge in [-0.25, -0.2) is 9.80 Å². The average Bonchev–Trinajstić information content (AvgIpc) is 2.70. The molecule has 7 nitrogen and oxygen atoms in total. The fraction of sp³-hybridized carbons (Fsp3) is 0.136. The van der Waals surface area contributed by atoms with Crippen LogP contribution in [0.15, 0.2) is 75.0 Å². The molecule has 1 amide bonds. The number of fused-ring (bicyclic) bond motifs is 1. The van der Waals surface area contributed by atoms with Crippen LogP contribution in [0.25, 0.3) is 0 Å². The number of aryl methyl sites for hydroxylation is 1. The first-order valence-electron chi connectivity index (χ1n) is 9.09. The number of rotatable bonds is 3.